The molecule has 1 aromatic heterocycles. The number of para-hydroxylation sites is 2. The summed E-state index contributed by atoms with van der Waals surface area (Å²) in [5, 5.41) is 8.69. The highest BCUT2D eigenvalue weighted by Gasteiger charge is 2.10. The van der Waals surface area contributed by atoms with Gasteiger partial charge in [-0.2, -0.15) is 0 Å². The Morgan fingerprint density at radius 3 is 2.89 bits per heavy atom. The van der Waals surface area contributed by atoms with E-state index in [0.29, 0.717) is 31.2 Å². The summed E-state index contributed by atoms with van der Waals surface area (Å²) in [5.74, 6) is 0.848. The van der Waals surface area contributed by atoms with Gasteiger partial charge in [-0.3, -0.25) is 0 Å². The number of rotatable bonds is 7. The summed E-state index contributed by atoms with van der Waals surface area (Å²) in [6.45, 7) is 1.56. The number of nitrogens with zero attached hydrogens (tertiary/aromatic N) is 2. The lowest BCUT2D eigenvalue weighted by Crippen LogP contribution is -2.17. The number of aliphatic hydroxyl groups excluding tert-OH is 1. The first kappa shape index (κ1) is 13.9. The molecule has 2 rings (SSSR count). The fraction of sp³-hybridized carbons (Fsp3) is 0.385. The van der Waals surface area contributed by atoms with Crippen LogP contribution in [0.4, 0.5) is 0 Å². The number of hydrogen-bond acceptors (Lipinski definition) is 4. The van der Waals surface area contributed by atoms with Gasteiger partial charge >= 0.3 is 0 Å². The molecule has 0 aliphatic carbocycles. The third kappa shape index (κ3) is 3.50. The molecular formula is C13H17N3O2S. The number of thiocarbonyl (C=S) groups is 1. The van der Waals surface area contributed by atoms with Crippen LogP contribution in [0.3, 0.4) is 0 Å². The number of nitrogens with two attached hydrogens (primary N) is 1. The number of hydrogen-bond donors (Lipinski definition) is 2. The highest BCUT2D eigenvalue weighted by molar-refractivity contribution is 7.80. The van der Waals surface area contributed by atoms with Gasteiger partial charge in [-0.25, -0.2) is 4.98 Å². The van der Waals surface area contributed by atoms with Crippen LogP contribution in [0.1, 0.15) is 5.82 Å². The summed E-state index contributed by atoms with van der Waals surface area (Å²) in [7, 11) is 0. The van der Waals surface area contributed by atoms with Gasteiger partial charge in [-0.05, 0) is 12.1 Å². The minimum absolute atomic E-state index is 0.0322. The predicted octanol–water partition coefficient (Wildman–Crippen LogP) is 0.874. The Hall–Kier alpha value is -1.50. The quantitative estimate of drug-likeness (QED) is 0.581. The van der Waals surface area contributed by atoms with Crippen LogP contribution in [0.15, 0.2) is 24.3 Å². The van der Waals surface area contributed by atoms with Gasteiger partial charge in [0.05, 0.1) is 42.3 Å². The molecule has 0 fully saturated rings. The number of imidazole rings is 1. The van der Waals surface area contributed by atoms with Gasteiger partial charge in [-0.1, -0.05) is 24.4 Å². The monoisotopic (exact) mass is 279 g/mol. The Bertz CT molecular complexity index is 568. The van der Waals surface area contributed by atoms with Gasteiger partial charge in [0.1, 0.15) is 5.82 Å². The van der Waals surface area contributed by atoms with Crippen molar-refractivity contribution in [3.8, 4) is 0 Å². The average Bonchev–Trinajstić information content (AvgIpc) is 2.72. The molecule has 0 unspecified atom stereocenters. The number of aromatic nitrogens is 2. The van der Waals surface area contributed by atoms with Crippen molar-refractivity contribution in [2.75, 3.05) is 19.8 Å². The lowest BCUT2D eigenvalue weighted by molar-refractivity contribution is 0.0872. The summed E-state index contributed by atoms with van der Waals surface area (Å²) in [4.78, 5) is 4.97. The molecule has 2 aromatic rings. The van der Waals surface area contributed by atoms with E-state index >= 15 is 0 Å². The van der Waals surface area contributed by atoms with Crippen molar-refractivity contribution in [3.63, 3.8) is 0 Å². The molecule has 5 nitrogen and oxygen atoms in total. The van der Waals surface area contributed by atoms with E-state index in [1.165, 1.54) is 0 Å². The molecule has 1 heterocycles. The average molecular weight is 279 g/mol. The van der Waals surface area contributed by atoms with Gasteiger partial charge < -0.3 is 20.1 Å². The van der Waals surface area contributed by atoms with E-state index in [1.807, 2.05) is 24.3 Å². The van der Waals surface area contributed by atoms with Crippen molar-refractivity contribution >= 4 is 28.2 Å². The third-order valence-electron chi connectivity index (χ3n) is 2.76. The molecule has 19 heavy (non-hydrogen) atoms. The van der Waals surface area contributed by atoms with Crippen LogP contribution in [-0.2, 0) is 17.7 Å². The van der Waals surface area contributed by atoms with E-state index in [1.54, 1.807) is 0 Å². The minimum atomic E-state index is 0.0322. The van der Waals surface area contributed by atoms with Gasteiger partial charge in [0.15, 0.2) is 0 Å². The molecule has 0 bridgehead atoms. The Kier molecular flexibility index (Phi) is 4.84. The van der Waals surface area contributed by atoms with E-state index in [9.17, 15) is 0 Å². The molecule has 3 N–H and O–H groups in total. The van der Waals surface area contributed by atoms with E-state index in [4.69, 9.17) is 27.8 Å². The van der Waals surface area contributed by atoms with Crippen molar-refractivity contribution < 1.29 is 9.84 Å². The lowest BCUT2D eigenvalue weighted by atomic mass is 10.3. The molecule has 0 atom stereocenters. The van der Waals surface area contributed by atoms with E-state index in [2.05, 4.69) is 9.55 Å². The smallest absolute Gasteiger partial charge is 0.116 e. The van der Waals surface area contributed by atoms with Crippen LogP contribution < -0.4 is 5.73 Å². The fourth-order valence-corrected chi connectivity index (χ4v) is 2.12. The second-order valence-corrected chi connectivity index (χ2v) is 4.67. The van der Waals surface area contributed by atoms with Crippen molar-refractivity contribution in [3.05, 3.63) is 30.1 Å². The third-order valence-corrected chi connectivity index (χ3v) is 2.91. The molecule has 0 aliphatic heterocycles. The molecule has 6 heteroatoms. The first-order valence-electron chi connectivity index (χ1n) is 6.13. The number of fused-ring (bicyclic) bond motifs is 1. The maximum absolute atomic E-state index is 8.69. The zero-order valence-corrected chi connectivity index (χ0v) is 11.4. The fourth-order valence-electron chi connectivity index (χ4n) is 1.99. The number of aliphatic hydroxyl groups is 1. The lowest BCUT2D eigenvalue weighted by Gasteiger charge is -2.09. The Labute approximate surface area is 117 Å². The van der Waals surface area contributed by atoms with Gasteiger partial charge in [0.2, 0.25) is 0 Å². The van der Waals surface area contributed by atoms with Gasteiger partial charge in [0, 0.05) is 6.54 Å². The Morgan fingerprint density at radius 1 is 1.37 bits per heavy atom. The van der Waals surface area contributed by atoms with E-state index in [0.717, 1.165) is 16.9 Å². The van der Waals surface area contributed by atoms with Crippen molar-refractivity contribution in [1.29, 1.82) is 0 Å². The molecular weight excluding hydrogens is 262 g/mol. The molecule has 1 aromatic carbocycles. The predicted molar refractivity (Wildman–Crippen MR) is 78.1 cm³/mol. The standard InChI is InChI=1S/C13H17N3O2S/c14-12(19)9-13-15-10-3-1-2-4-11(10)16(13)5-7-18-8-6-17/h1-4,17H,5-9H2,(H2,14,19). The molecule has 0 saturated carbocycles. The Balaban J connectivity index is 2.23. The van der Waals surface area contributed by atoms with Crippen LogP contribution in [-0.4, -0.2) is 39.5 Å². The summed E-state index contributed by atoms with van der Waals surface area (Å²) < 4.78 is 7.36. The highest BCUT2D eigenvalue weighted by atomic mass is 32.1. The second kappa shape index (κ2) is 6.60. The zero-order valence-electron chi connectivity index (χ0n) is 10.6. The summed E-state index contributed by atoms with van der Waals surface area (Å²) in [6.07, 6.45) is 0.476. The first-order chi connectivity index (χ1) is 9.22. The normalized spacial score (nSPS) is 11.0. The molecule has 0 amide bonds. The topological polar surface area (TPSA) is 73.3 Å². The highest BCUT2D eigenvalue weighted by Crippen LogP contribution is 2.16. The van der Waals surface area contributed by atoms with Crippen LogP contribution in [0.2, 0.25) is 0 Å². The number of ether oxygens (including phenoxy) is 1. The molecule has 0 spiro atoms. The number of benzene rings is 1. The second-order valence-electron chi connectivity index (χ2n) is 4.15. The van der Waals surface area contributed by atoms with Gasteiger partial charge in [0.25, 0.3) is 0 Å². The molecule has 0 aliphatic rings. The minimum Gasteiger partial charge on any atom is -0.394 e. The van der Waals surface area contributed by atoms with Crippen molar-refractivity contribution in [2.45, 2.75) is 13.0 Å². The van der Waals surface area contributed by atoms with Crippen molar-refractivity contribution in [2.24, 2.45) is 5.73 Å². The van der Waals surface area contributed by atoms with Crippen LogP contribution in [0.25, 0.3) is 11.0 Å². The van der Waals surface area contributed by atoms with Crippen molar-refractivity contribution in [1.82, 2.24) is 9.55 Å². The van der Waals surface area contributed by atoms with E-state index < -0.39 is 0 Å². The Morgan fingerprint density at radius 2 is 2.16 bits per heavy atom. The molecule has 0 saturated heterocycles. The summed E-state index contributed by atoms with van der Waals surface area (Å²) in [6, 6.07) is 7.90. The summed E-state index contributed by atoms with van der Waals surface area (Å²) >= 11 is 4.96. The van der Waals surface area contributed by atoms with E-state index in [-0.39, 0.29) is 6.61 Å². The molecule has 102 valence electrons. The van der Waals surface area contributed by atoms with Crippen LogP contribution >= 0.6 is 12.2 Å². The molecule has 0 radical (unpaired) electrons. The largest absolute Gasteiger partial charge is 0.394 e. The van der Waals surface area contributed by atoms with Gasteiger partial charge in [-0.15, -0.1) is 0 Å². The van der Waals surface area contributed by atoms with Crippen LogP contribution in [0, 0.1) is 0 Å². The zero-order chi connectivity index (χ0) is 13.7. The maximum atomic E-state index is 8.69. The summed E-state index contributed by atoms with van der Waals surface area (Å²) in [5.41, 5.74) is 7.58. The van der Waals surface area contributed by atoms with Crippen LogP contribution in [0.5, 0.6) is 0 Å². The first-order valence-corrected chi connectivity index (χ1v) is 6.54. The maximum Gasteiger partial charge on any atom is 0.116 e. The SMILES string of the molecule is NC(=S)Cc1nc2ccccc2n1CCOCCO.